The second kappa shape index (κ2) is 7.86. The van der Waals surface area contributed by atoms with Crippen molar-refractivity contribution in [3.05, 3.63) is 35.6 Å². The van der Waals surface area contributed by atoms with E-state index in [9.17, 15) is 19.1 Å². The zero-order valence-corrected chi connectivity index (χ0v) is 12.1. The third-order valence-electron chi connectivity index (χ3n) is 3.61. The molecule has 0 radical (unpaired) electrons. The average molecular weight is 309 g/mol. The van der Waals surface area contributed by atoms with E-state index in [2.05, 4.69) is 16.0 Å². The fourth-order valence-corrected chi connectivity index (χ4v) is 2.25. The topological polar surface area (TPSA) is 90.5 Å². The van der Waals surface area contributed by atoms with Crippen LogP contribution in [0.2, 0.25) is 0 Å². The van der Waals surface area contributed by atoms with Crippen LogP contribution in [0.4, 0.5) is 4.39 Å². The number of β-amino-alcohol motifs (C(OH)–C–C–N with tert-alkyl or cyclic N) is 1. The smallest absolute Gasteiger partial charge is 0.251 e. The summed E-state index contributed by atoms with van der Waals surface area (Å²) < 4.78 is 12.7. The lowest BCUT2D eigenvalue weighted by molar-refractivity contribution is -0.121. The molecule has 1 fully saturated rings. The van der Waals surface area contributed by atoms with Crippen LogP contribution in [-0.4, -0.2) is 49.2 Å². The van der Waals surface area contributed by atoms with Gasteiger partial charge in [-0.15, -0.1) is 0 Å². The molecule has 2 rings (SSSR count). The molecule has 2 unspecified atom stereocenters. The first-order valence-corrected chi connectivity index (χ1v) is 7.25. The molecule has 4 N–H and O–H groups in total. The largest absolute Gasteiger partial charge is 0.391 e. The molecule has 1 aliphatic rings. The van der Waals surface area contributed by atoms with Crippen molar-refractivity contribution >= 4 is 11.8 Å². The number of aliphatic hydroxyl groups excluding tert-OH is 1. The Morgan fingerprint density at radius 1 is 1.23 bits per heavy atom. The first-order valence-electron chi connectivity index (χ1n) is 7.25. The molecule has 0 saturated carbocycles. The maximum Gasteiger partial charge on any atom is 0.251 e. The van der Waals surface area contributed by atoms with Gasteiger partial charge in [-0.3, -0.25) is 9.59 Å². The van der Waals surface area contributed by atoms with Gasteiger partial charge in [-0.2, -0.15) is 0 Å². The Kier molecular flexibility index (Phi) is 5.85. The number of rotatable bonds is 6. The van der Waals surface area contributed by atoms with Gasteiger partial charge in [0.25, 0.3) is 5.91 Å². The molecule has 0 aliphatic carbocycles. The number of carbonyl (C=O) groups is 2. The normalized spacial score (nSPS) is 20.6. The molecule has 22 heavy (non-hydrogen) atoms. The lowest BCUT2D eigenvalue weighted by Crippen LogP contribution is -2.36. The zero-order chi connectivity index (χ0) is 15.9. The number of hydrogen-bond donors (Lipinski definition) is 4. The van der Waals surface area contributed by atoms with Gasteiger partial charge in [0.05, 0.1) is 6.10 Å². The Morgan fingerprint density at radius 2 is 1.95 bits per heavy atom. The predicted octanol–water partition coefficient (Wildman–Crippen LogP) is -0.358. The number of hydrogen-bond acceptors (Lipinski definition) is 4. The van der Waals surface area contributed by atoms with Crippen molar-refractivity contribution in [2.75, 3.05) is 26.2 Å². The standard InChI is InChI=1S/C15H20FN3O3/c16-12-3-1-10(2-4-12)15(22)18-6-5-14(21)19-8-11-7-17-9-13(11)20/h1-4,11,13,17,20H,5-9H2,(H,18,22)(H,19,21). The molecule has 0 aromatic heterocycles. The van der Waals surface area contributed by atoms with Crippen molar-refractivity contribution in [2.24, 2.45) is 5.92 Å². The van der Waals surface area contributed by atoms with Crippen molar-refractivity contribution in [2.45, 2.75) is 12.5 Å². The summed E-state index contributed by atoms with van der Waals surface area (Å²) in [5.41, 5.74) is 0.349. The summed E-state index contributed by atoms with van der Waals surface area (Å²) in [5, 5.41) is 18.0. The van der Waals surface area contributed by atoms with E-state index in [1.165, 1.54) is 24.3 Å². The Balaban J connectivity index is 1.64. The summed E-state index contributed by atoms with van der Waals surface area (Å²) in [6, 6.07) is 5.20. The maximum absolute atomic E-state index is 12.7. The van der Waals surface area contributed by atoms with Gasteiger partial charge in [0.15, 0.2) is 0 Å². The van der Waals surface area contributed by atoms with Crippen molar-refractivity contribution in [3.8, 4) is 0 Å². The zero-order valence-electron chi connectivity index (χ0n) is 12.1. The Hall–Kier alpha value is -1.99. The van der Waals surface area contributed by atoms with Crippen LogP contribution in [0.15, 0.2) is 24.3 Å². The molecule has 0 spiro atoms. The number of halogens is 1. The van der Waals surface area contributed by atoms with E-state index in [0.717, 1.165) is 0 Å². The van der Waals surface area contributed by atoms with Crippen LogP contribution in [0.1, 0.15) is 16.8 Å². The van der Waals surface area contributed by atoms with Crippen molar-refractivity contribution in [1.82, 2.24) is 16.0 Å². The maximum atomic E-state index is 12.7. The monoisotopic (exact) mass is 309 g/mol. The molecule has 6 nitrogen and oxygen atoms in total. The second-order valence-electron chi connectivity index (χ2n) is 5.30. The molecule has 1 aromatic carbocycles. The van der Waals surface area contributed by atoms with Crippen LogP contribution >= 0.6 is 0 Å². The SMILES string of the molecule is O=C(CCNC(=O)c1ccc(F)cc1)NCC1CNCC1O. The molecule has 2 amide bonds. The highest BCUT2D eigenvalue weighted by Crippen LogP contribution is 2.07. The van der Waals surface area contributed by atoms with E-state index < -0.39 is 11.9 Å². The lowest BCUT2D eigenvalue weighted by atomic mass is 10.1. The molecule has 1 saturated heterocycles. The summed E-state index contributed by atoms with van der Waals surface area (Å²) in [6.45, 7) is 1.85. The van der Waals surface area contributed by atoms with Gasteiger partial charge in [-0.1, -0.05) is 0 Å². The number of aliphatic hydroxyl groups is 1. The molecule has 1 aliphatic heterocycles. The molecule has 1 aromatic rings. The van der Waals surface area contributed by atoms with Crippen molar-refractivity contribution in [1.29, 1.82) is 0 Å². The van der Waals surface area contributed by atoms with Gasteiger partial charge in [0, 0.05) is 44.1 Å². The average Bonchev–Trinajstić information content (AvgIpc) is 2.91. The van der Waals surface area contributed by atoms with Gasteiger partial charge >= 0.3 is 0 Å². The number of benzene rings is 1. The quantitative estimate of drug-likeness (QED) is 0.578. The minimum Gasteiger partial charge on any atom is -0.391 e. The van der Waals surface area contributed by atoms with E-state index in [1.54, 1.807) is 0 Å². The minimum atomic E-state index is -0.432. The third-order valence-corrected chi connectivity index (χ3v) is 3.61. The Bertz CT molecular complexity index is 521. The van der Waals surface area contributed by atoms with Crippen LogP contribution < -0.4 is 16.0 Å². The lowest BCUT2D eigenvalue weighted by Gasteiger charge is -2.14. The Morgan fingerprint density at radius 3 is 2.59 bits per heavy atom. The van der Waals surface area contributed by atoms with Gasteiger partial charge in [0.2, 0.25) is 5.91 Å². The van der Waals surface area contributed by atoms with Crippen molar-refractivity contribution < 1.29 is 19.1 Å². The van der Waals surface area contributed by atoms with E-state index >= 15 is 0 Å². The van der Waals surface area contributed by atoms with Gasteiger partial charge in [-0.25, -0.2) is 4.39 Å². The minimum absolute atomic E-state index is 0.0257. The molecular weight excluding hydrogens is 289 g/mol. The predicted molar refractivity (Wildman–Crippen MR) is 78.7 cm³/mol. The second-order valence-corrected chi connectivity index (χ2v) is 5.30. The third kappa shape index (κ3) is 4.78. The van der Waals surface area contributed by atoms with Gasteiger partial charge < -0.3 is 21.1 Å². The van der Waals surface area contributed by atoms with E-state index in [4.69, 9.17) is 0 Å². The van der Waals surface area contributed by atoms with Crippen molar-refractivity contribution in [3.63, 3.8) is 0 Å². The van der Waals surface area contributed by atoms with Gasteiger partial charge in [0.1, 0.15) is 5.82 Å². The summed E-state index contributed by atoms with van der Waals surface area (Å²) in [4.78, 5) is 23.4. The van der Waals surface area contributed by atoms with E-state index in [0.29, 0.717) is 25.2 Å². The fourth-order valence-electron chi connectivity index (χ4n) is 2.25. The fraction of sp³-hybridized carbons (Fsp3) is 0.467. The summed E-state index contributed by atoms with van der Waals surface area (Å²) in [5.74, 6) is -0.904. The summed E-state index contributed by atoms with van der Waals surface area (Å²) >= 11 is 0. The molecule has 0 bridgehead atoms. The van der Waals surface area contributed by atoms with E-state index in [1.807, 2.05) is 0 Å². The highest BCUT2D eigenvalue weighted by Gasteiger charge is 2.24. The summed E-state index contributed by atoms with van der Waals surface area (Å²) in [7, 11) is 0. The highest BCUT2D eigenvalue weighted by molar-refractivity contribution is 5.94. The molecule has 1 heterocycles. The van der Waals surface area contributed by atoms with Gasteiger partial charge in [-0.05, 0) is 24.3 Å². The van der Waals surface area contributed by atoms with Crippen LogP contribution in [0.25, 0.3) is 0 Å². The van der Waals surface area contributed by atoms with Crippen LogP contribution in [-0.2, 0) is 4.79 Å². The highest BCUT2D eigenvalue weighted by atomic mass is 19.1. The Labute approximate surface area is 128 Å². The molecule has 120 valence electrons. The first kappa shape index (κ1) is 16.4. The van der Waals surface area contributed by atoms with E-state index in [-0.39, 0.29) is 30.7 Å². The summed E-state index contributed by atoms with van der Waals surface area (Å²) in [6.07, 6.45) is -0.276. The number of amides is 2. The molecular formula is C15H20FN3O3. The van der Waals surface area contributed by atoms with Crippen LogP contribution in [0.5, 0.6) is 0 Å². The number of carbonyl (C=O) groups excluding carboxylic acids is 2. The molecule has 7 heteroatoms. The van der Waals surface area contributed by atoms with Crippen LogP contribution in [0.3, 0.4) is 0 Å². The molecule has 2 atom stereocenters. The van der Waals surface area contributed by atoms with Crippen LogP contribution in [0, 0.1) is 11.7 Å². The number of nitrogens with one attached hydrogen (secondary N) is 3. The first-order chi connectivity index (χ1) is 10.6.